The van der Waals surface area contributed by atoms with E-state index in [0.717, 1.165) is 10.2 Å². The van der Waals surface area contributed by atoms with E-state index >= 15 is 0 Å². The number of aromatic nitrogens is 2. The van der Waals surface area contributed by atoms with Gasteiger partial charge in [-0.25, -0.2) is 9.48 Å². The molecule has 0 saturated heterocycles. The van der Waals surface area contributed by atoms with Crippen LogP contribution in [-0.4, -0.2) is 59.5 Å². The summed E-state index contributed by atoms with van der Waals surface area (Å²) in [6.45, 7) is 0.0365. The fourth-order valence-electron chi connectivity index (χ4n) is 3.21. The molecule has 0 unspecified atom stereocenters. The van der Waals surface area contributed by atoms with Crippen molar-refractivity contribution >= 4 is 22.6 Å². The predicted octanol–water partition coefficient (Wildman–Crippen LogP) is 1.81. The van der Waals surface area contributed by atoms with E-state index in [1.54, 1.807) is 39.5 Å². The zero-order valence-corrected chi connectivity index (χ0v) is 17.5. The van der Waals surface area contributed by atoms with Gasteiger partial charge in [0.2, 0.25) is 5.91 Å². The molecule has 0 radical (unpaired) electrons. The van der Waals surface area contributed by atoms with E-state index in [0.29, 0.717) is 24.5 Å². The average Bonchev–Trinajstić information content (AvgIpc) is 2.78. The third kappa shape index (κ3) is 4.66. The molecular weight excluding hydrogens is 402 g/mol. The van der Waals surface area contributed by atoms with Crippen LogP contribution in [-0.2, 0) is 17.8 Å². The van der Waals surface area contributed by atoms with Crippen molar-refractivity contribution in [2.24, 2.45) is 0 Å². The lowest BCUT2D eigenvalue weighted by molar-refractivity contribution is -0.130. The van der Waals surface area contributed by atoms with Crippen molar-refractivity contribution in [2.45, 2.75) is 13.0 Å². The lowest BCUT2D eigenvalue weighted by atomic mass is 10.1. The highest BCUT2D eigenvalue weighted by Gasteiger charge is 2.18. The molecule has 9 heteroatoms. The SMILES string of the molecule is COc1ccc(CCN(C)C(=O)Cn2nc(C(=O)O)c3ccccc3c2=O)cc1OC. The average molecular weight is 425 g/mol. The molecule has 0 aliphatic rings. The third-order valence-electron chi connectivity index (χ3n) is 4.96. The highest BCUT2D eigenvalue weighted by Crippen LogP contribution is 2.27. The Morgan fingerprint density at radius 1 is 1.06 bits per heavy atom. The number of carboxylic acid groups (broad SMARTS) is 1. The lowest BCUT2D eigenvalue weighted by Gasteiger charge is -2.18. The topological polar surface area (TPSA) is 111 Å². The van der Waals surface area contributed by atoms with Crippen LogP contribution in [0.4, 0.5) is 0 Å². The van der Waals surface area contributed by atoms with Crippen LogP contribution >= 0.6 is 0 Å². The fourth-order valence-corrected chi connectivity index (χ4v) is 3.21. The second-order valence-corrected chi connectivity index (χ2v) is 6.92. The Hall–Kier alpha value is -3.88. The minimum atomic E-state index is -1.26. The monoisotopic (exact) mass is 425 g/mol. The third-order valence-corrected chi connectivity index (χ3v) is 4.96. The van der Waals surface area contributed by atoms with Crippen LogP contribution < -0.4 is 15.0 Å². The van der Waals surface area contributed by atoms with Gasteiger partial charge < -0.3 is 19.5 Å². The number of nitrogens with zero attached hydrogens (tertiary/aromatic N) is 3. The van der Waals surface area contributed by atoms with Gasteiger partial charge in [0.25, 0.3) is 5.56 Å². The molecule has 1 N–H and O–H groups in total. The molecule has 0 spiro atoms. The molecule has 0 aliphatic heterocycles. The number of amides is 1. The fraction of sp³-hybridized carbons (Fsp3) is 0.273. The first kappa shape index (κ1) is 21.8. The summed E-state index contributed by atoms with van der Waals surface area (Å²) in [7, 11) is 4.73. The van der Waals surface area contributed by atoms with Gasteiger partial charge in [-0.15, -0.1) is 0 Å². The summed E-state index contributed by atoms with van der Waals surface area (Å²) in [5.74, 6) is -0.408. The van der Waals surface area contributed by atoms with E-state index in [-0.39, 0.29) is 28.9 Å². The highest BCUT2D eigenvalue weighted by molar-refractivity contribution is 6.01. The van der Waals surface area contributed by atoms with E-state index in [2.05, 4.69) is 5.10 Å². The molecule has 9 nitrogen and oxygen atoms in total. The smallest absolute Gasteiger partial charge is 0.357 e. The van der Waals surface area contributed by atoms with E-state index < -0.39 is 11.5 Å². The summed E-state index contributed by atoms with van der Waals surface area (Å²) in [5, 5.41) is 13.8. The summed E-state index contributed by atoms with van der Waals surface area (Å²) in [5.41, 5.74) is 0.171. The quantitative estimate of drug-likeness (QED) is 0.586. The van der Waals surface area contributed by atoms with Gasteiger partial charge in [-0.3, -0.25) is 9.59 Å². The van der Waals surface area contributed by atoms with Crippen LogP contribution in [0.2, 0.25) is 0 Å². The molecule has 162 valence electrons. The van der Waals surface area contributed by atoms with Crippen molar-refractivity contribution < 1.29 is 24.2 Å². The van der Waals surface area contributed by atoms with Crippen LogP contribution in [0.5, 0.6) is 11.5 Å². The van der Waals surface area contributed by atoms with Gasteiger partial charge in [0.05, 0.1) is 19.6 Å². The molecular formula is C22H23N3O6. The maximum atomic E-state index is 12.7. The largest absolute Gasteiger partial charge is 0.493 e. The highest BCUT2D eigenvalue weighted by atomic mass is 16.5. The van der Waals surface area contributed by atoms with Gasteiger partial charge >= 0.3 is 5.97 Å². The number of aromatic carboxylic acids is 1. The number of carboxylic acids is 1. The zero-order chi connectivity index (χ0) is 22.5. The van der Waals surface area contributed by atoms with E-state index in [1.165, 1.54) is 17.0 Å². The van der Waals surface area contributed by atoms with E-state index in [4.69, 9.17) is 9.47 Å². The van der Waals surface area contributed by atoms with Crippen LogP contribution in [0.25, 0.3) is 10.8 Å². The van der Waals surface area contributed by atoms with Crippen LogP contribution in [0.1, 0.15) is 16.1 Å². The van der Waals surface area contributed by atoms with Crippen molar-refractivity contribution in [3.63, 3.8) is 0 Å². The number of fused-ring (bicyclic) bond motifs is 1. The van der Waals surface area contributed by atoms with Crippen LogP contribution in [0.3, 0.4) is 0 Å². The zero-order valence-electron chi connectivity index (χ0n) is 17.5. The minimum Gasteiger partial charge on any atom is -0.493 e. The Labute approximate surface area is 178 Å². The Morgan fingerprint density at radius 2 is 1.74 bits per heavy atom. The van der Waals surface area contributed by atoms with E-state index in [1.807, 2.05) is 12.1 Å². The second kappa shape index (κ2) is 9.29. The number of carbonyl (C=O) groups excluding carboxylic acids is 1. The Bertz CT molecular complexity index is 1190. The molecule has 31 heavy (non-hydrogen) atoms. The van der Waals surface area contributed by atoms with Gasteiger partial charge in [0.1, 0.15) is 6.54 Å². The summed E-state index contributed by atoms with van der Waals surface area (Å²) in [6, 6.07) is 11.8. The number of likely N-dealkylation sites (N-methyl/N-ethyl adjacent to an activating group) is 1. The summed E-state index contributed by atoms with van der Waals surface area (Å²) >= 11 is 0. The van der Waals surface area contributed by atoms with Crippen molar-refractivity contribution in [1.29, 1.82) is 0 Å². The molecule has 1 amide bonds. The Balaban J connectivity index is 1.75. The maximum Gasteiger partial charge on any atom is 0.357 e. The van der Waals surface area contributed by atoms with Gasteiger partial charge in [0.15, 0.2) is 17.2 Å². The Kier molecular flexibility index (Phi) is 6.54. The number of hydrogen-bond donors (Lipinski definition) is 1. The molecule has 3 aromatic rings. The lowest BCUT2D eigenvalue weighted by Crippen LogP contribution is -2.36. The first-order chi connectivity index (χ1) is 14.8. The van der Waals surface area contributed by atoms with E-state index in [9.17, 15) is 19.5 Å². The van der Waals surface area contributed by atoms with Crippen molar-refractivity contribution in [2.75, 3.05) is 27.8 Å². The minimum absolute atomic E-state index is 0.204. The number of carbonyl (C=O) groups is 2. The number of benzene rings is 2. The number of hydrogen-bond acceptors (Lipinski definition) is 6. The van der Waals surface area contributed by atoms with Crippen LogP contribution in [0.15, 0.2) is 47.3 Å². The van der Waals surface area contributed by atoms with Gasteiger partial charge in [-0.1, -0.05) is 24.3 Å². The molecule has 3 rings (SSSR count). The predicted molar refractivity (Wildman–Crippen MR) is 114 cm³/mol. The normalized spacial score (nSPS) is 10.7. The standard InChI is InChI=1S/C22H23N3O6/c1-24(11-10-14-8-9-17(30-2)18(12-14)31-3)19(26)13-25-21(27)16-7-5-4-6-15(16)20(23-25)22(28)29/h4-9,12H,10-11,13H2,1-3H3,(H,28,29). The summed E-state index contributed by atoms with van der Waals surface area (Å²) in [4.78, 5) is 38.4. The van der Waals surface area contributed by atoms with Crippen LogP contribution in [0, 0.1) is 0 Å². The molecule has 0 bridgehead atoms. The van der Waals surface area contributed by atoms with Gasteiger partial charge in [-0.2, -0.15) is 5.10 Å². The second-order valence-electron chi connectivity index (χ2n) is 6.92. The first-order valence-corrected chi connectivity index (χ1v) is 9.53. The number of ether oxygens (including phenoxy) is 2. The summed E-state index contributed by atoms with van der Waals surface area (Å²) < 4.78 is 11.4. The molecule has 0 fully saturated rings. The maximum absolute atomic E-state index is 12.7. The molecule has 2 aromatic carbocycles. The van der Waals surface area contributed by atoms with Crippen molar-refractivity contribution in [3.05, 3.63) is 64.1 Å². The number of rotatable bonds is 8. The molecule has 0 saturated carbocycles. The van der Waals surface area contributed by atoms with Crippen molar-refractivity contribution in [1.82, 2.24) is 14.7 Å². The summed E-state index contributed by atoms with van der Waals surface area (Å²) in [6.07, 6.45) is 0.559. The molecule has 1 heterocycles. The molecule has 0 aliphatic carbocycles. The van der Waals surface area contributed by atoms with Gasteiger partial charge in [0, 0.05) is 19.0 Å². The molecule has 1 aromatic heterocycles. The Morgan fingerprint density at radius 3 is 2.39 bits per heavy atom. The van der Waals surface area contributed by atoms with Crippen molar-refractivity contribution in [3.8, 4) is 11.5 Å². The van der Waals surface area contributed by atoms with Gasteiger partial charge in [-0.05, 0) is 30.2 Å². The number of methoxy groups -OCH3 is 2. The molecule has 0 atom stereocenters. The first-order valence-electron chi connectivity index (χ1n) is 9.53.